The summed E-state index contributed by atoms with van der Waals surface area (Å²) in [5.74, 6) is 0.111. The number of carbonyl (C=O) groups is 1. The number of halogens is 2. The van der Waals surface area contributed by atoms with E-state index < -0.39 is 0 Å². The van der Waals surface area contributed by atoms with Gasteiger partial charge in [-0.2, -0.15) is 0 Å². The first kappa shape index (κ1) is 18.0. The van der Waals surface area contributed by atoms with E-state index in [4.69, 9.17) is 0 Å². The summed E-state index contributed by atoms with van der Waals surface area (Å²) >= 11 is 0. The molecule has 0 aromatic heterocycles. The highest BCUT2D eigenvalue weighted by atomic mass is 35.5. The third kappa shape index (κ3) is 4.58. The van der Waals surface area contributed by atoms with E-state index in [1.54, 1.807) is 6.07 Å². The van der Waals surface area contributed by atoms with Gasteiger partial charge >= 0.3 is 0 Å². The molecule has 2 fully saturated rings. The topological polar surface area (TPSA) is 44.4 Å². The molecule has 2 heterocycles. The lowest BCUT2D eigenvalue weighted by Gasteiger charge is -2.35. The number of rotatable bonds is 3. The van der Waals surface area contributed by atoms with Gasteiger partial charge in [-0.3, -0.25) is 4.79 Å². The van der Waals surface area contributed by atoms with Gasteiger partial charge in [-0.25, -0.2) is 4.39 Å². The Morgan fingerprint density at radius 1 is 1.22 bits per heavy atom. The molecular formula is C17H25ClFN3O. The Morgan fingerprint density at radius 2 is 1.96 bits per heavy atom. The average molecular weight is 342 g/mol. The Bertz CT molecular complexity index is 522. The van der Waals surface area contributed by atoms with Crippen LogP contribution in [0.15, 0.2) is 24.3 Å². The van der Waals surface area contributed by atoms with Gasteiger partial charge in [0.25, 0.3) is 0 Å². The Morgan fingerprint density at radius 3 is 2.70 bits per heavy atom. The fourth-order valence-electron chi connectivity index (χ4n) is 3.43. The molecule has 3 rings (SSSR count). The first-order valence-electron chi connectivity index (χ1n) is 8.24. The molecule has 1 aromatic carbocycles. The van der Waals surface area contributed by atoms with E-state index in [0.29, 0.717) is 12.2 Å². The molecule has 0 aliphatic carbocycles. The summed E-state index contributed by atoms with van der Waals surface area (Å²) < 4.78 is 13.9. The monoisotopic (exact) mass is 341 g/mol. The summed E-state index contributed by atoms with van der Waals surface area (Å²) in [5.41, 5.74) is 0.642. The van der Waals surface area contributed by atoms with Gasteiger partial charge in [0.1, 0.15) is 5.82 Å². The molecule has 23 heavy (non-hydrogen) atoms. The van der Waals surface area contributed by atoms with E-state index in [1.807, 2.05) is 17.0 Å². The van der Waals surface area contributed by atoms with Crippen molar-refractivity contribution in [3.05, 3.63) is 30.1 Å². The molecule has 4 nitrogen and oxygen atoms in total. The standard InChI is InChI=1S/C17H24FN3O.ClH/c18-15-5-1-2-6-16(15)21-11-3-4-14(12-21)20-17(22)13-7-9-19-10-8-13;/h1-2,5-6,13-14,19H,3-4,7-12H2,(H,20,22);1H. The van der Waals surface area contributed by atoms with Crippen molar-refractivity contribution in [2.45, 2.75) is 31.7 Å². The molecule has 1 atom stereocenters. The summed E-state index contributed by atoms with van der Waals surface area (Å²) in [6.45, 7) is 3.38. The molecule has 1 amide bonds. The molecule has 0 saturated carbocycles. The predicted molar refractivity (Wildman–Crippen MR) is 92.6 cm³/mol. The van der Waals surface area contributed by atoms with Gasteiger partial charge in [-0.05, 0) is 50.9 Å². The fourth-order valence-corrected chi connectivity index (χ4v) is 3.43. The van der Waals surface area contributed by atoms with Crippen molar-refractivity contribution >= 4 is 24.0 Å². The van der Waals surface area contributed by atoms with Crippen LogP contribution in [-0.4, -0.2) is 38.1 Å². The number of benzene rings is 1. The normalized spacial score (nSPS) is 22.3. The van der Waals surface area contributed by atoms with Crippen LogP contribution in [0, 0.1) is 11.7 Å². The van der Waals surface area contributed by atoms with Crippen molar-refractivity contribution in [1.29, 1.82) is 0 Å². The van der Waals surface area contributed by atoms with Gasteiger partial charge in [-0.15, -0.1) is 12.4 Å². The van der Waals surface area contributed by atoms with E-state index in [9.17, 15) is 9.18 Å². The largest absolute Gasteiger partial charge is 0.367 e. The molecule has 6 heteroatoms. The summed E-state index contributed by atoms with van der Waals surface area (Å²) in [6, 6.07) is 6.99. The quantitative estimate of drug-likeness (QED) is 0.887. The first-order valence-corrected chi connectivity index (χ1v) is 8.24. The molecule has 2 aliphatic rings. The molecule has 2 aliphatic heterocycles. The first-order chi connectivity index (χ1) is 10.7. The molecule has 2 saturated heterocycles. The zero-order chi connectivity index (χ0) is 15.4. The number of amides is 1. The van der Waals surface area contributed by atoms with Crippen LogP contribution in [0.5, 0.6) is 0 Å². The number of nitrogens with zero attached hydrogens (tertiary/aromatic N) is 1. The zero-order valence-electron chi connectivity index (χ0n) is 13.3. The third-order valence-corrected chi connectivity index (χ3v) is 4.67. The van der Waals surface area contributed by atoms with Crippen molar-refractivity contribution in [2.75, 3.05) is 31.1 Å². The van der Waals surface area contributed by atoms with E-state index in [1.165, 1.54) is 6.07 Å². The van der Waals surface area contributed by atoms with Crippen molar-refractivity contribution in [3.8, 4) is 0 Å². The van der Waals surface area contributed by atoms with Crippen molar-refractivity contribution in [2.24, 2.45) is 5.92 Å². The van der Waals surface area contributed by atoms with Crippen molar-refractivity contribution in [1.82, 2.24) is 10.6 Å². The van der Waals surface area contributed by atoms with Crippen LogP contribution in [0.2, 0.25) is 0 Å². The lowest BCUT2D eigenvalue weighted by atomic mass is 9.96. The average Bonchev–Trinajstić information content (AvgIpc) is 2.56. The fraction of sp³-hybridized carbons (Fsp3) is 0.588. The minimum absolute atomic E-state index is 0. The second-order valence-corrected chi connectivity index (χ2v) is 6.27. The Hall–Kier alpha value is -1.33. The van der Waals surface area contributed by atoms with Gasteiger partial charge in [0.15, 0.2) is 0 Å². The summed E-state index contributed by atoms with van der Waals surface area (Å²) in [6.07, 6.45) is 3.78. The Kier molecular flexibility index (Phi) is 6.66. The highest BCUT2D eigenvalue weighted by Crippen LogP contribution is 2.23. The van der Waals surface area contributed by atoms with Gasteiger partial charge in [-0.1, -0.05) is 12.1 Å². The molecule has 0 spiro atoms. The lowest BCUT2D eigenvalue weighted by molar-refractivity contribution is -0.126. The highest BCUT2D eigenvalue weighted by Gasteiger charge is 2.26. The number of piperidine rings is 2. The smallest absolute Gasteiger partial charge is 0.223 e. The maximum absolute atomic E-state index is 13.9. The van der Waals surface area contributed by atoms with Crippen molar-refractivity contribution < 1.29 is 9.18 Å². The number of nitrogens with one attached hydrogen (secondary N) is 2. The van der Waals surface area contributed by atoms with E-state index in [-0.39, 0.29) is 36.1 Å². The van der Waals surface area contributed by atoms with E-state index in [0.717, 1.165) is 45.3 Å². The van der Waals surface area contributed by atoms with Crippen LogP contribution in [-0.2, 0) is 4.79 Å². The van der Waals surface area contributed by atoms with Crippen molar-refractivity contribution in [3.63, 3.8) is 0 Å². The minimum atomic E-state index is -0.187. The van der Waals surface area contributed by atoms with Crippen LogP contribution in [0.1, 0.15) is 25.7 Å². The molecule has 0 bridgehead atoms. The van der Waals surface area contributed by atoms with Gasteiger partial charge in [0.2, 0.25) is 5.91 Å². The number of anilines is 1. The number of carbonyl (C=O) groups excluding carboxylic acids is 1. The van der Waals surface area contributed by atoms with Gasteiger partial charge in [0.05, 0.1) is 5.69 Å². The van der Waals surface area contributed by atoms with Crippen LogP contribution >= 0.6 is 12.4 Å². The summed E-state index contributed by atoms with van der Waals surface area (Å²) in [4.78, 5) is 14.4. The Labute approximate surface area is 143 Å². The molecular weight excluding hydrogens is 317 g/mol. The second kappa shape index (κ2) is 8.50. The van der Waals surface area contributed by atoms with Gasteiger partial charge < -0.3 is 15.5 Å². The molecule has 0 radical (unpaired) electrons. The number of hydrogen-bond donors (Lipinski definition) is 2. The molecule has 2 N–H and O–H groups in total. The predicted octanol–water partition coefficient (Wildman–Crippen LogP) is 2.33. The number of para-hydroxylation sites is 1. The SMILES string of the molecule is Cl.O=C(NC1CCCN(c2ccccc2F)C1)C1CCNCC1. The van der Waals surface area contributed by atoms with Crippen LogP contribution in [0.3, 0.4) is 0 Å². The minimum Gasteiger partial charge on any atom is -0.367 e. The number of hydrogen-bond acceptors (Lipinski definition) is 3. The zero-order valence-corrected chi connectivity index (χ0v) is 14.1. The molecule has 1 aromatic rings. The second-order valence-electron chi connectivity index (χ2n) is 6.27. The van der Waals surface area contributed by atoms with Crippen LogP contribution in [0.25, 0.3) is 0 Å². The van der Waals surface area contributed by atoms with Crippen LogP contribution in [0.4, 0.5) is 10.1 Å². The van der Waals surface area contributed by atoms with Gasteiger partial charge in [0, 0.05) is 25.0 Å². The highest BCUT2D eigenvalue weighted by molar-refractivity contribution is 5.85. The Balaban J connectivity index is 0.00000192. The summed E-state index contributed by atoms with van der Waals surface area (Å²) in [7, 11) is 0. The summed E-state index contributed by atoms with van der Waals surface area (Å²) in [5, 5.41) is 6.46. The van der Waals surface area contributed by atoms with E-state index in [2.05, 4.69) is 10.6 Å². The van der Waals surface area contributed by atoms with E-state index >= 15 is 0 Å². The maximum atomic E-state index is 13.9. The maximum Gasteiger partial charge on any atom is 0.223 e. The lowest BCUT2D eigenvalue weighted by Crippen LogP contribution is -2.50. The molecule has 128 valence electrons. The third-order valence-electron chi connectivity index (χ3n) is 4.67. The molecule has 1 unspecified atom stereocenters. The van der Waals surface area contributed by atoms with Crippen LogP contribution < -0.4 is 15.5 Å².